The minimum atomic E-state index is 0.217. The van der Waals surface area contributed by atoms with Crippen molar-refractivity contribution >= 4 is 10.8 Å². The van der Waals surface area contributed by atoms with Gasteiger partial charge in [0.05, 0.1) is 0 Å². The first-order valence-electron chi connectivity index (χ1n) is 6.41. The molecule has 0 bridgehead atoms. The van der Waals surface area contributed by atoms with Gasteiger partial charge in [-0.3, -0.25) is 11.3 Å². The summed E-state index contributed by atoms with van der Waals surface area (Å²) < 4.78 is 0. The van der Waals surface area contributed by atoms with E-state index >= 15 is 0 Å². The Hall–Kier alpha value is -1.64. The van der Waals surface area contributed by atoms with E-state index in [9.17, 15) is 0 Å². The second-order valence-electron chi connectivity index (χ2n) is 4.55. The molecule has 0 aromatic heterocycles. The molecule has 18 heavy (non-hydrogen) atoms. The van der Waals surface area contributed by atoms with Gasteiger partial charge in [0.25, 0.3) is 0 Å². The Morgan fingerprint density at radius 1 is 1.17 bits per heavy atom. The molecule has 0 aliphatic heterocycles. The molecule has 2 aromatic carbocycles. The van der Waals surface area contributed by atoms with Crippen LogP contribution in [0.3, 0.4) is 0 Å². The number of allylic oxidation sites excluding steroid dienone is 1. The van der Waals surface area contributed by atoms with Crippen LogP contribution in [0.5, 0.6) is 0 Å². The Morgan fingerprint density at radius 3 is 2.67 bits per heavy atom. The topological polar surface area (TPSA) is 38.0 Å². The predicted molar refractivity (Wildman–Crippen MR) is 78.1 cm³/mol. The number of benzene rings is 2. The summed E-state index contributed by atoms with van der Waals surface area (Å²) in [4.78, 5) is 0. The number of nitrogens with one attached hydrogen (secondary N) is 1. The van der Waals surface area contributed by atoms with E-state index < -0.39 is 0 Å². The molecule has 0 radical (unpaired) electrons. The Morgan fingerprint density at radius 2 is 1.94 bits per heavy atom. The third kappa shape index (κ3) is 2.97. The fourth-order valence-corrected chi connectivity index (χ4v) is 2.24. The summed E-state index contributed by atoms with van der Waals surface area (Å²) in [6, 6.07) is 15.1. The van der Waals surface area contributed by atoms with Crippen molar-refractivity contribution in [1.82, 2.24) is 5.43 Å². The smallest absolute Gasteiger partial charge is 0.0460 e. The molecule has 0 saturated carbocycles. The first-order valence-corrected chi connectivity index (χ1v) is 6.41. The predicted octanol–water partition coefficient (Wildman–Crippen LogP) is 3.70. The first-order chi connectivity index (χ1) is 8.85. The molecule has 0 aliphatic carbocycles. The van der Waals surface area contributed by atoms with Crippen molar-refractivity contribution in [2.45, 2.75) is 25.3 Å². The number of fused-ring (bicyclic) bond motifs is 1. The fraction of sp³-hybridized carbons (Fsp3) is 0.250. The van der Waals surface area contributed by atoms with Crippen LogP contribution in [-0.2, 0) is 0 Å². The van der Waals surface area contributed by atoms with E-state index in [0.717, 1.165) is 19.3 Å². The molecule has 0 aliphatic rings. The van der Waals surface area contributed by atoms with Crippen molar-refractivity contribution in [3.05, 3.63) is 60.7 Å². The molecule has 2 heteroatoms. The van der Waals surface area contributed by atoms with Crippen LogP contribution < -0.4 is 11.3 Å². The van der Waals surface area contributed by atoms with E-state index in [1.807, 2.05) is 6.08 Å². The van der Waals surface area contributed by atoms with Gasteiger partial charge >= 0.3 is 0 Å². The molecule has 0 amide bonds. The van der Waals surface area contributed by atoms with Crippen molar-refractivity contribution in [3.8, 4) is 0 Å². The average molecular weight is 240 g/mol. The second-order valence-corrected chi connectivity index (χ2v) is 4.55. The monoisotopic (exact) mass is 240 g/mol. The SMILES string of the molecule is C=CCCCC(NN)c1ccc2ccccc2c1. The lowest BCUT2D eigenvalue weighted by molar-refractivity contribution is 0.501. The van der Waals surface area contributed by atoms with Crippen molar-refractivity contribution < 1.29 is 0 Å². The molecule has 2 rings (SSSR count). The van der Waals surface area contributed by atoms with Gasteiger partial charge in [-0.1, -0.05) is 42.5 Å². The molecule has 2 aromatic rings. The lowest BCUT2D eigenvalue weighted by Crippen LogP contribution is -2.27. The fourth-order valence-electron chi connectivity index (χ4n) is 2.24. The molecule has 0 fully saturated rings. The summed E-state index contributed by atoms with van der Waals surface area (Å²) in [5, 5.41) is 2.53. The highest BCUT2D eigenvalue weighted by atomic mass is 15.2. The molecular weight excluding hydrogens is 220 g/mol. The Kier molecular flexibility index (Phi) is 4.51. The number of rotatable bonds is 6. The normalized spacial score (nSPS) is 12.5. The van der Waals surface area contributed by atoms with Gasteiger partial charge in [-0.2, -0.15) is 0 Å². The van der Waals surface area contributed by atoms with Gasteiger partial charge in [0.15, 0.2) is 0 Å². The van der Waals surface area contributed by atoms with Crippen LogP contribution in [0.25, 0.3) is 10.8 Å². The summed E-state index contributed by atoms with van der Waals surface area (Å²) in [6.07, 6.45) is 5.12. The van der Waals surface area contributed by atoms with E-state index in [0.29, 0.717) is 0 Å². The maximum absolute atomic E-state index is 5.66. The number of hydrogen-bond acceptors (Lipinski definition) is 2. The molecule has 0 spiro atoms. The van der Waals surface area contributed by atoms with Gasteiger partial charge < -0.3 is 0 Å². The van der Waals surface area contributed by atoms with Gasteiger partial charge in [-0.15, -0.1) is 6.58 Å². The summed E-state index contributed by atoms with van der Waals surface area (Å²) in [5.74, 6) is 5.66. The van der Waals surface area contributed by atoms with Crippen LogP contribution in [-0.4, -0.2) is 0 Å². The lowest BCUT2D eigenvalue weighted by atomic mass is 9.98. The largest absolute Gasteiger partial charge is 0.271 e. The van der Waals surface area contributed by atoms with E-state index in [1.54, 1.807) is 0 Å². The van der Waals surface area contributed by atoms with Gasteiger partial charge in [0.2, 0.25) is 0 Å². The highest BCUT2D eigenvalue weighted by Crippen LogP contribution is 2.23. The van der Waals surface area contributed by atoms with Crippen molar-refractivity contribution in [2.75, 3.05) is 0 Å². The zero-order valence-electron chi connectivity index (χ0n) is 10.6. The quantitative estimate of drug-likeness (QED) is 0.350. The van der Waals surface area contributed by atoms with Crippen molar-refractivity contribution in [2.24, 2.45) is 5.84 Å². The minimum absolute atomic E-state index is 0.217. The van der Waals surface area contributed by atoms with Crippen molar-refractivity contribution in [1.29, 1.82) is 0 Å². The summed E-state index contributed by atoms with van der Waals surface area (Å²) in [5.41, 5.74) is 4.16. The zero-order valence-corrected chi connectivity index (χ0v) is 10.6. The maximum Gasteiger partial charge on any atom is 0.0460 e. The van der Waals surface area contributed by atoms with E-state index in [1.165, 1.54) is 16.3 Å². The third-order valence-corrected chi connectivity index (χ3v) is 3.28. The van der Waals surface area contributed by atoms with Crippen molar-refractivity contribution in [3.63, 3.8) is 0 Å². The Labute approximate surface area is 108 Å². The molecule has 0 heterocycles. The van der Waals surface area contributed by atoms with E-state index in [-0.39, 0.29) is 6.04 Å². The van der Waals surface area contributed by atoms with Crippen LogP contribution in [0.15, 0.2) is 55.1 Å². The molecule has 2 nitrogen and oxygen atoms in total. The van der Waals surface area contributed by atoms with Crippen LogP contribution in [0, 0.1) is 0 Å². The molecule has 1 unspecified atom stereocenters. The number of unbranched alkanes of at least 4 members (excludes halogenated alkanes) is 1. The molecular formula is C16H20N2. The molecule has 0 saturated heterocycles. The highest BCUT2D eigenvalue weighted by Gasteiger charge is 2.09. The Bertz CT molecular complexity index is 519. The van der Waals surface area contributed by atoms with Gasteiger partial charge in [-0.05, 0) is 41.7 Å². The van der Waals surface area contributed by atoms with E-state index in [2.05, 4.69) is 54.5 Å². The van der Waals surface area contributed by atoms with Crippen LogP contribution >= 0.6 is 0 Å². The van der Waals surface area contributed by atoms with Gasteiger partial charge in [0, 0.05) is 6.04 Å². The summed E-state index contributed by atoms with van der Waals surface area (Å²) in [6.45, 7) is 3.75. The summed E-state index contributed by atoms with van der Waals surface area (Å²) >= 11 is 0. The number of hydrazine groups is 1. The third-order valence-electron chi connectivity index (χ3n) is 3.28. The molecule has 94 valence electrons. The highest BCUT2D eigenvalue weighted by molar-refractivity contribution is 5.83. The van der Waals surface area contributed by atoms with Crippen LogP contribution in [0.4, 0.5) is 0 Å². The second kappa shape index (κ2) is 6.34. The van der Waals surface area contributed by atoms with Gasteiger partial charge in [0.1, 0.15) is 0 Å². The number of nitrogens with two attached hydrogens (primary N) is 1. The molecule has 3 N–H and O–H groups in total. The van der Waals surface area contributed by atoms with Crippen LogP contribution in [0.1, 0.15) is 30.9 Å². The average Bonchev–Trinajstić information content (AvgIpc) is 2.43. The standard InChI is InChI=1S/C16H20N2/c1-2-3-4-9-16(18-17)15-11-10-13-7-5-6-8-14(13)12-15/h2,5-8,10-12,16,18H,1,3-4,9,17H2. The minimum Gasteiger partial charge on any atom is -0.271 e. The maximum atomic E-state index is 5.66. The number of hydrogen-bond donors (Lipinski definition) is 2. The molecule has 1 atom stereocenters. The van der Waals surface area contributed by atoms with Crippen LogP contribution in [0.2, 0.25) is 0 Å². The summed E-state index contributed by atoms with van der Waals surface area (Å²) in [7, 11) is 0. The zero-order chi connectivity index (χ0) is 12.8. The lowest BCUT2D eigenvalue weighted by Gasteiger charge is -2.16. The Balaban J connectivity index is 2.19. The van der Waals surface area contributed by atoms with E-state index in [4.69, 9.17) is 5.84 Å². The van der Waals surface area contributed by atoms with Gasteiger partial charge in [-0.25, -0.2) is 0 Å². The first kappa shape index (κ1) is 12.8.